The lowest BCUT2D eigenvalue weighted by atomic mass is 10.2. The molecule has 0 heterocycles. The van der Waals surface area contributed by atoms with Crippen LogP contribution in [0.15, 0.2) is 72.4 Å². The van der Waals surface area contributed by atoms with Crippen molar-refractivity contribution in [3.05, 3.63) is 88.4 Å². The number of hydrogen-bond donors (Lipinski definition) is 2. The smallest absolute Gasteiger partial charge is 0.271 e. The molecule has 2 N–H and O–H groups in total. The molecule has 0 aliphatic heterocycles. The van der Waals surface area contributed by atoms with Crippen LogP contribution in [0.2, 0.25) is 10.0 Å². The fraction of sp³-hybridized carbons (Fsp3) is 0.179. The minimum Gasteiger partial charge on any atom is -0.493 e. The largest absolute Gasteiger partial charge is 0.493 e. The van der Waals surface area contributed by atoms with Gasteiger partial charge in [-0.25, -0.2) is 5.43 Å². The topological polar surface area (TPSA) is 107 Å². The summed E-state index contributed by atoms with van der Waals surface area (Å²) in [6.45, 7) is 5.87. The predicted molar refractivity (Wildman–Crippen MR) is 152 cm³/mol. The van der Waals surface area contributed by atoms with Crippen LogP contribution in [0.4, 0.5) is 5.69 Å². The number of hydrazone groups is 1. The number of anilines is 1. The highest BCUT2D eigenvalue weighted by molar-refractivity contribution is 6.32. The van der Waals surface area contributed by atoms with E-state index < -0.39 is 11.8 Å². The minimum atomic E-state index is -0.452. The summed E-state index contributed by atoms with van der Waals surface area (Å²) in [5, 5.41) is 7.45. The monoisotopic (exact) mass is 571 g/mol. The van der Waals surface area contributed by atoms with E-state index in [1.807, 2.05) is 6.92 Å². The van der Waals surface area contributed by atoms with Crippen molar-refractivity contribution in [3.63, 3.8) is 0 Å². The quantitative estimate of drug-likeness (QED) is 0.154. The number of carbonyl (C=O) groups excluding carboxylic acids is 2. The molecule has 3 aromatic rings. The summed E-state index contributed by atoms with van der Waals surface area (Å²) in [6.07, 6.45) is 3.01. The second-order valence-electron chi connectivity index (χ2n) is 7.77. The predicted octanol–water partition coefficient (Wildman–Crippen LogP) is 5.75. The molecule has 3 rings (SSSR count). The number of methoxy groups -OCH3 is 1. The molecular weight excluding hydrogens is 545 g/mol. The van der Waals surface area contributed by atoms with E-state index in [2.05, 4.69) is 22.4 Å². The number of halogens is 2. The highest BCUT2D eigenvalue weighted by Crippen LogP contribution is 2.36. The second kappa shape index (κ2) is 14.7. The first-order valence-electron chi connectivity index (χ1n) is 11.7. The van der Waals surface area contributed by atoms with Crippen molar-refractivity contribution in [2.75, 3.05) is 32.2 Å². The Kier molecular flexibility index (Phi) is 11.0. The molecule has 0 spiro atoms. The first-order chi connectivity index (χ1) is 18.8. The van der Waals surface area contributed by atoms with Crippen LogP contribution < -0.4 is 29.7 Å². The lowest BCUT2D eigenvalue weighted by Gasteiger charge is -2.13. The second-order valence-corrected chi connectivity index (χ2v) is 8.61. The fourth-order valence-corrected chi connectivity index (χ4v) is 3.64. The van der Waals surface area contributed by atoms with Crippen LogP contribution in [-0.2, 0) is 4.79 Å². The van der Waals surface area contributed by atoms with Crippen molar-refractivity contribution in [1.82, 2.24) is 5.43 Å². The molecule has 0 atom stereocenters. The van der Waals surface area contributed by atoms with E-state index in [1.165, 1.54) is 13.3 Å². The molecule has 0 saturated heterocycles. The van der Waals surface area contributed by atoms with Gasteiger partial charge in [-0.15, -0.1) is 0 Å². The molecule has 0 saturated carbocycles. The number of nitrogens with zero attached hydrogens (tertiary/aromatic N) is 1. The number of benzene rings is 3. The number of rotatable bonds is 13. The van der Waals surface area contributed by atoms with Gasteiger partial charge >= 0.3 is 0 Å². The van der Waals surface area contributed by atoms with Gasteiger partial charge in [0.1, 0.15) is 6.61 Å². The van der Waals surface area contributed by atoms with Crippen molar-refractivity contribution in [3.8, 4) is 23.0 Å². The van der Waals surface area contributed by atoms with Crippen molar-refractivity contribution < 1.29 is 28.5 Å². The summed E-state index contributed by atoms with van der Waals surface area (Å²) < 4.78 is 22.1. The SMILES string of the molecule is C=CCOc1ccc(C(=O)N/N=C/c2cc(Cl)c(OCC(=O)Nc3ccc(Cl)cc3)c(OC)c2)cc1OCC. The molecule has 0 aliphatic rings. The van der Waals surface area contributed by atoms with Crippen LogP contribution in [0, 0.1) is 0 Å². The van der Waals surface area contributed by atoms with Crippen LogP contribution in [0.5, 0.6) is 23.0 Å². The molecule has 11 heteroatoms. The molecule has 0 radical (unpaired) electrons. The van der Waals surface area contributed by atoms with Crippen LogP contribution in [-0.4, -0.2) is 45.0 Å². The van der Waals surface area contributed by atoms with Gasteiger partial charge in [-0.2, -0.15) is 5.10 Å². The summed E-state index contributed by atoms with van der Waals surface area (Å²) >= 11 is 12.2. The maximum absolute atomic E-state index is 12.6. The number of ether oxygens (including phenoxy) is 4. The van der Waals surface area contributed by atoms with Gasteiger partial charge in [-0.05, 0) is 67.1 Å². The van der Waals surface area contributed by atoms with E-state index in [0.717, 1.165) is 0 Å². The van der Waals surface area contributed by atoms with Gasteiger partial charge < -0.3 is 24.3 Å². The van der Waals surface area contributed by atoms with E-state index in [9.17, 15) is 9.59 Å². The Morgan fingerprint density at radius 2 is 1.74 bits per heavy atom. The maximum atomic E-state index is 12.6. The molecule has 0 bridgehead atoms. The molecule has 0 fully saturated rings. The van der Waals surface area contributed by atoms with E-state index in [4.69, 9.17) is 42.1 Å². The number of carbonyl (C=O) groups is 2. The summed E-state index contributed by atoms with van der Waals surface area (Å²) in [5.41, 5.74) is 3.89. The lowest BCUT2D eigenvalue weighted by Crippen LogP contribution is -2.20. The van der Waals surface area contributed by atoms with Crippen molar-refractivity contribution in [2.45, 2.75) is 6.92 Å². The summed E-state index contributed by atoms with van der Waals surface area (Å²) in [5.74, 6) is 0.567. The highest BCUT2D eigenvalue weighted by atomic mass is 35.5. The van der Waals surface area contributed by atoms with Gasteiger partial charge in [-0.3, -0.25) is 9.59 Å². The summed E-state index contributed by atoms with van der Waals surface area (Å²) in [4.78, 5) is 24.9. The molecule has 0 unspecified atom stereocenters. The Labute approximate surface area is 236 Å². The van der Waals surface area contributed by atoms with Crippen LogP contribution in [0.3, 0.4) is 0 Å². The Hall–Kier alpha value is -4.21. The highest BCUT2D eigenvalue weighted by Gasteiger charge is 2.15. The van der Waals surface area contributed by atoms with E-state index >= 15 is 0 Å². The molecule has 39 heavy (non-hydrogen) atoms. The minimum absolute atomic E-state index is 0.189. The molecular formula is C28H27Cl2N3O6. The number of hydrogen-bond acceptors (Lipinski definition) is 7. The molecule has 2 amide bonds. The molecule has 9 nitrogen and oxygen atoms in total. The van der Waals surface area contributed by atoms with Crippen molar-refractivity contribution >= 4 is 46.9 Å². The zero-order valence-electron chi connectivity index (χ0n) is 21.3. The molecule has 0 aromatic heterocycles. The summed E-state index contributed by atoms with van der Waals surface area (Å²) in [6, 6.07) is 14.6. The Morgan fingerprint density at radius 3 is 2.44 bits per heavy atom. The third-order valence-corrected chi connectivity index (χ3v) is 5.50. The standard InChI is InChI=1S/C28H27Cl2N3O6/c1-4-12-38-23-11-6-19(15-24(23)37-5-2)28(35)33-31-16-18-13-22(30)27(25(14-18)36-3)39-17-26(34)32-21-9-7-20(29)8-10-21/h4,6-11,13-16H,1,5,12,17H2,2-3H3,(H,32,34)(H,33,35)/b31-16+. The average molecular weight is 572 g/mol. The molecule has 204 valence electrons. The Balaban J connectivity index is 1.63. The maximum Gasteiger partial charge on any atom is 0.271 e. The van der Waals surface area contributed by atoms with Crippen LogP contribution in [0.1, 0.15) is 22.8 Å². The van der Waals surface area contributed by atoms with Crippen LogP contribution in [0.25, 0.3) is 0 Å². The van der Waals surface area contributed by atoms with Crippen LogP contribution >= 0.6 is 23.2 Å². The van der Waals surface area contributed by atoms with Gasteiger partial charge in [0.05, 0.1) is 25.0 Å². The Bertz CT molecular complexity index is 1350. The van der Waals surface area contributed by atoms with Gasteiger partial charge in [-0.1, -0.05) is 35.9 Å². The number of amides is 2. The Morgan fingerprint density at radius 1 is 0.974 bits per heavy atom. The van der Waals surface area contributed by atoms with Gasteiger partial charge in [0.15, 0.2) is 29.6 Å². The first-order valence-corrected chi connectivity index (χ1v) is 12.5. The van der Waals surface area contributed by atoms with E-state index in [-0.39, 0.29) is 23.1 Å². The number of nitrogens with one attached hydrogen (secondary N) is 2. The fourth-order valence-electron chi connectivity index (χ4n) is 3.24. The first kappa shape index (κ1) is 29.3. The normalized spacial score (nSPS) is 10.6. The lowest BCUT2D eigenvalue weighted by molar-refractivity contribution is -0.118. The van der Waals surface area contributed by atoms with E-state index in [1.54, 1.807) is 60.7 Å². The zero-order valence-corrected chi connectivity index (χ0v) is 22.8. The molecule has 3 aromatic carbocycles. The van der Waals surface area contributed by atoms with Gasteiger partial charge in [0.25, 0.3) is 11.8 Å². The third-order valence-electron chi connectivity index (χ3n) is 4.97. The van der Waals surface area contributed by atoms with Gasteiger partial charge in [0, 0.05) is 16.3 Å². The van der Waals surface area contributed by atoms with Crippen molar-refractivity contribution in [2.24, 2.45) is 5.10 Å². The van der Waals surface area contributed by atoms with E-state index in [0.29, 0.717) is 46.5 Å². The zero-order chi connectivity index (χ0) is 28.2. The molecule has 0 aliphatic carbocycles. The average Bonchev–Trinajstić information content (AvgIpc) is 2.92. The van der Waals surface area contributed by atoms with Crippen molar-refractivity contribution in [1.29, 1.82) is 0 Å². The third kappa shape index (κ3) is 8.66. The summed E-state index contributed by atoms with van der Waals surface area (Å²) in [7, 11) is 1.44. The van der Waals surface area contributed by atoms with Gasteiger partial charge in [0.2, 0.25) is 0 Å².